The molecule has 1 heterocycles. The van der Waals surface area contributed by atoms with E-state index in [1.165, 1.54) is 0 Å². The Morgan fingerprint density at radius 2 is 2.21 bits per heavy atom. The van der Waals surface area contributed by atoms with Gasteiger partial charge in [-0.2, -0.15) is 0 Å². The highest BCUT2D eigenvalue weighted by Crippen LogP contribution is 2.11. The highest BCUT2D eigenvalue weighted by molar-refractivity contribution is 5.74. The van der Waals surface area contributed by atoms with Crippen molar-refractivity contribution in [3.8, 4) is 0 Å². The van der Waals surface area contributed by atoms with Crippen molar-refractivity contribution < 1.29 is 5.11 Å². The van der Waals surface area contributed by atoms with Crippen LogP contribution in [0, 0.1) is 0 Å². The van der Waals surface area contributed by atoms with Crippen molar-refractivity contribution in [2.45, 2.75) is 12.6 Å². The molecule has 3 N–H and O–H groups in total. The van der Waals surface area contributed by atoms with E-state index in [0.717, 1.165) is 11.0 Å². The lowest BCUT2D eigenvalue weighted by atomic mass is 10.3. The van der Waals surface area contributed by atoms with Gasteiger partial charge >= 0.3 is 0 Å². The van der Waals surface area contributed by atoms with Crippen LogP contribution in [-0.2, 0) is 6.54 Å². The molecule has 1 unspecified atom stereocenters. The average Bonchev–Trinajstić information content (AvgIpc) is 2.62. The first-order chi connectivity index (χ1) is 6.81. The van der Waals surface area contributed by atoms with E-state index in [9.17, 15) is 5.11 Å². The van der Waals surface area contributed by atoms with Crippen molar-refractivity contribution in [1.29, 1.82) is 0 Å². The second kappa shape index (κ2) is 3.77. The molecule has 4 nitrogen and oxygen atoms in total. The van der Waals surface area contributed by atoms with Gasteiger partial charge in [0.25, 0.3) is 0 Å². The van der Waals surface area contributed by atoms with Gasteiger partial charge in [-0.05, 0) is 12.1 Å². The zero-order valence-corrected chi connectivity index (χ0v) is 7.80. The number of rotatable bonds is 3. The van der Waals surface area contributed by atoms with Crippen LogP contribution in [-0.4, -0.2) is 27.3 Å². The molecule has 0 saturated carbocycles. The summed E-state index contributed by atoms with van der Waals surface area (Å²) in [6.07, 6.45) is 1.22. The van der Waals surface area contributed by atoms with Crippen molar-refractivity contribution in [3.05, 3.63) is 30.6 Å². The van der Waals surface area contributed by atoms with Gasteiger partial charge in [0, 0.05) is 6.54 Å². The third kappa shape index (κ3) is 1.62. The Hall–Kier alpha value is -1.39. The van der Waals surface area contributed by atoms with E-state index in [4.69, 9.17) is 5.73 Å². The average molecular weight is 191 g/mol. The number of para-hydroxylation sites is 2. The molecule has 0 aliphatic rings. The number of hydrogen-bond donors (Lipinski definition) is 2. The molecule has 1 atom stereocenters. The molecular weight excluding hydrogens is 178 g/mol. The number of aliphatic hydroxyl groups excluding tert-OH is 1. The molecule has 0 bridgehead atoms. The Bertz CT molecular complexity index is 424. The molecule has 0 aliphatic heterocycles. The third-order valence-corrected chi connectivity index (χ3v) is 2.21. The summed E-state index contributed by atoms with van der Waals surface area (Å²) in [4.78, 5) is 4.22. The second-order valence-corrected chi connectivity index (χ2v) is 3.28. The predicted molar refractivity (Wildman–Crippen MR) is 54.8 cm³/mol. The zero-order chi connectivity index (χ0) is 9.97. The summed E-state index contributed by atoms with van der Waals surface area (Å²) in [7, 11) is 0. The normalized spacial score (nSPS) is 13.3. The minimum Gasteiger partial charge on any atom is -0.390 e. The monoisotopic (exact) mass is 191 g/mol. The zero-order valence-electron chi connectivity index (χ0n) is 7.80. The first kappa shape index (κ1) is 9.18. The van der Waals surface area contributed by atoms with Crippen LogP contribution >= 0.6 is 0 Å². The number of aliphatic hydroxyl groups is 1. The Morgan fingerprint density at radius 1 is 1.43 bits per heavy atom. The van der Waals surface area contributed by atoms with Crippen LogP contribution in [0.3, 0.4) is 0 Å². The third-order valence-electron chi connectivity index (χ3n) is 2.21. The summed E-state index contributed by atoms with van der Waals surface area (Å²) in [5, 5.41) is 9.42. The summed E-state index contributed by atoms with van der Waals surface area (Å²) in [5.41, 5.74) is 7.32. The Balaban J connectivity index is 2.33. The smallest absolute Gasteiger partial charge is 0.0959 e. The van der Waals surface area contributed by atoms with E-state index in [1.54, 1.807) is 6.33 Å². The lowest BCUT2D eigenvalue weighted by Gasteiger charge is -2.08. The van der Waals surface area contributed by atoms with Crippen LogP contribution < -0.4 is 5.73 Å². The molecule has 0 aliphatic carbocycles. The van der Waals surface area contributed by atoms with Gasteiger partial charge in [0.2, 0.25) is 0 Å². The first-order valence-electron chi connectivity index (χ1n) is 4.59. The topological polar surface area (TPSA) is 64.1 Å². The summed E-state index contributed by atoms with van der Waals surface area (Å²) in [6, 6.07) is 7.82. The van der Waals surface area contributed by atoms with Crippen molar-refractivity contribution in [3.63, 3.8) is 0 Å². The number of benzene rings is 1. The number of imidazole rings is 1. The molecule has 0 radical (unpaired) electrons. The standard InChI is InChI=1S/C10H13N3O/c11-5-8(14)6-13-7-12-9-3-1-2-4-10(9)13/h1-4,7-8,14H,5-6,11H2. The molecule has 4 heteroatoms. The Morgan fingerprint density at radius 3 is 3.00 bits per heavy atom. The number of nitrogens with two attached hydrogens (primary N) is 1. The lowest BCUT2D eigenvalue weighted by molar-refractivity contribution is 0.163. The van der Waals surface area contributed by atoms with Gasteiger partial charge in [-0.15, -0.1) is 0 Å². The van der Waals surface area contributed by atoms with Crippen LogP contribution in [0.1, 0.15) is 0 Å². The van der Waals surface area contributed by atoms with E-state index >= 15 is 0 Å². The molecule has 2 rings (SSSR count). The fourth-order valence-electron chi connectivity index (χ4n) is 1.46. The molecule has 0 amide bonds. The van der Waals surface area contributed by atoms with Crippen LogP contribution in [0.25, 0.3) is 11.0 Å². The highest BCUT2D eigenvalue weighted by Gasteiger charge is 2.05. The van der Waals surface area contributed by atoms with E-state index in [-0.39, 0.29) is 6.54 Å². The van der Waals surface area contributed by atoms with Crippen LogP contribution in [0.2, 0.25) is 0 Å². The molecule has 0 fully saturated rings. The van der Waals surface area contributed by atoms with E-state index in [2.05, 4.69) is 4.98 Å². The predicted octanol–water partition coefficient (Wildman–Crippen LogP) is 0.356. The van der Waals surface area contributed by atoms with Gasteiger partial charge in [0.15, 0.2) is 0 Å². The Labute approximate surface area is 82.0 Å². The van der Waals surface area contributed by atoms with Crippen molar-refractivity contribution in [1.82, 2.24) is 9.55 Å². The number of aromatic nitrogens is 2. The van der Waals surface area contributed by atoms with Gasteiger partial charge in [-0.3, -0.25) is 0 Å². The Kier molecular flexibility index (Phi) is 2.47. The summed E-state index contributed by atoms with van der Waals surface area (Å²) in [6.45, 7) is 0.767. The maximum Gasteiger partial charge on any atom is 0.0959 e. The summed E-state index contributed by atoms with van der Waals surface area (Å²) >= 11 is 0. The molecular formula is C10H13N3O. The molecule has 1 aromatic carbocycles. The molecule has 14 heavy (non-hydrogen) atoms. The lowest BCUT2D eigenvalue weighted by Crippen LogP contribution is -2.24. The van der Waals surface area contributed by atoms with Crippen LogP contribution in [0.15, 0.2) is 30.6 Å². The minimum atomic E-state index is -0.507. The van der Waals surface area contributed by atoms with Gasteiger partial charge in [0.05, 0.1) is 30.0 Å². The maximum atomic E-state index is 9.42. The number of nitrogens with zero attached hydrogens (tertiary/aromatic N) is 2. The first-order valence-corrected chi connectivity index (χ1v) is 4.59. The molecule has 2 aromatic rings. The van der Waals surface area contributed by atoms with Crippen molar-refractivity contribution >= 4 is 11.0 Å². The highest BCUT2D eigenvalue weighted by atomic mass is 16.3. The number of hydrogen-bond acceptors (Lipinski definition) is 3. The number of fused-ring (bicyclic) bond motifs is 1. The molecule has 1 aromatic heterocycles. The van der Waals surface area contributed by atoms with Gasteiger partial charge in [-0.25, -0.2) is 4.98 Å². The van der Waals surface area contributed by atoms with Gasteiger partial charge in [-0.1, -0.05) is 12.1 Å². The van der Waals surface area contributed by atoms with Gasteiger partial charge < -0.3 is 15.4 Å². The fourth-order valence-corrected chi connectivity index (χ4v) is 1.46. The fraction of sp³-hybridized carbons (Fsp3) is 0.300. The van der Waals surface area contributed by atoms with Gasteiger partial charge in [0.1, 0.15) is 0 Å². The van der Waals surface area contributed by atoms with Crippen LogP contribution in [0.5, 0.6) is 0 Å². The van der Waals surface area contributed by atoms with Crippen molar-refractivity contribution in [2.24, 2.45) is 5.73 Å². The van der Waals surface area contributed by atoms with Crippen LogP contribution in [0.4, 0.5) is 0 Å². The van der Waals surface area contributed by atoms with E-state index in [1.807, 2.05) is 28.8 Å². The van der Waals surface area contributed by atoms with E-state index in [0.29, 0.717) is 6.54 Å². The summed E-state index contributed by atoms with van der Waals surface area (Å²) in [5.74, 6) is 0. The molecule has 0 spiro atoms. The SMILES string of the molecule is NCC(O)Cn1cnc2ccccc21. The largest absolute Gasteiger partial charge is 0.390 e. The molecule has 74 valence electrons. The second-order valence-electron chi connectivity index (χ2n) is 3.28. The van der Waals surface area contributed by atoms with Crippen molar-refractivity contribution in [2.75, 3.05) is 6.54 Å². The van der Waals surface area contributed by atoms with E-state index < -0.39 is 6.10 Å². The maximum absolute atomic E-state index is 9.42. The molecule has 0 saturated heterocycles. The quantitative estimate of drug-likeness (QED) is 0.736. The summed E-state index contributed by atoms with van der Waals surface area (Å²) < 4.78 is 1.91. The minimum absolute atomic E-state index is 0.270.